The number of rotatable bonds is 2. The molecule has 0 saturated heterocycles. The van der Waals surface area contributed by atoms with E-state index >= 15 is 0 Å². The highest BCUT2D eigenvalue weighted by molar-refractivity contribution is 14.1. The van der Waals surface area contributed by atoms with Crippen molar-refractivity contribution in [2.24, 2.45) is 0 Å². The molecule has 38 valence electrons. The lowest BCUT2D eigenvalue weighted by molar-refractivity contribution is 0.476. The van der Waals surface area contributed by atoms with Crippen molar-refractivity contribution in [1.82, 2.24) is 0 Å². The summed E-state index contributed by atoms with van der Waals surface area (Å²) in [5.41, 5.74) is 0. The highest BCUT2D eigenvalue weighted by Crippen LogP contribution is 2.02. The van der Waals surface area contributed by atoms with E-state index in [1.165, 1.54) is 0 Å². The molecule has 0 fully saturated rings. The molecule has 0 spiro atoms. The first-order valence-corrected chi connectivity index (χ1v) is 3.22. The van der Waals surface area contributed by atoms with Crippen LogP contribution in [0.2, 0.25) is 0 Å². The molecule has 0 saturated carbocycles. The zero-order valence-corrected chi connectivity index (χ0v) is 5.90. The van der Waals surface area contributed by atoms with Crippen molar-refractivity contribution in [3.05, 3.63) is 0 Å². The van der Waals surface area contributed by atoms with Gasteiger partial charge >= 0.3 is 0 Å². The summed E-state index contributed by atoms with van der Waals surface area (Å²) in [6.07, 6.45) is 0.695. The summed E-state index contributed by atoms with van der Waals surface area (Å²) in [5, 5.41) is 0. The van der Waals surface area contributed by atoms with Crippen molar-refractivity contribution in [2.45, 2.75) is 17.3 Å². The van der Waals surface area contributed by atoms with Gasteiger partial charge in [0.25, 0.3) is 0 Å². The molecule has 1 atom stereocenters. The van der Waals surface area contributed by atoms with Crippen LogP contribution in [-0.4, -0.2) is 10.6 Å². The molecule has 0 bridgehead atoms. The van der Waals surface area contributed by atoms with E-state index < -0.39 is 0 Å². The molecule has 0 amide bonds. The van der Waals surface area contributed by atoms with Gasteiger partial charge in [0.2, 0.25) is 0 Å². The first-order valence-electron chi connectivity index (χ1n) is 1.97. The molecule has 2 heteroatoms. The smallest absolute Gasteiger partial charge is 0.0904 e. The van der Waals surface area contributed by atoms with E-state index in [0.717, 1.165) is 0 Å². The van der Waals surface area contributed by atoms with Crippen molar-refractivity contribution in [3.63, 3.8) is 0 Å². The predicted molar refractivity (Wildman–Crippen MR) is 34.1 cm³/mol. The first kappa shape index (κ1) is 6.66. The summed E-state index contributed by atoms with van der Waals surface area (Å²) in [6.45, 7) is 1.82. The molecule has 0 rings (SSSR count). The monoisotopic (exact) mass is 202 g/mol. The molecule has 0 heterocycles. The summed E-state index contributed by atoms with van der Waals surface area (Å²) in [6, 6.07) is 0. The topological polar surface area (TPSA) is 0 Å². The van der Waals surface area contributed by atoms with E-state index in [0.29, 0.717) is 10.3 Å². The van der Waals surface area contributed by atoms with Crippen LogP contribution in [-0.2, 0) is 0 Å². The van der Waals surface area contributed by atoms with Crippen LogP contribution in [0.4, 0.5) is 4.39 Å². The zero-order chi connectivity index (χ0) is 4.99. The minimum atomic E-state index is -0.176. The Balaban J connectivity index is 2.63. The maximum Gasteiger partial charge on any atom is 0.0904 e. The van der Waals surface area contributed by atoms with E-state index in [4.69, 9.17) is 0 Å². The summed E-state index contributed by atoms with van der Waals surface area (Å²) in [7, 11) is 0. The Morgan fingerprint density at radius 3 is 2.33 bits per heavy atom. The quantitative estimate of drug-likeness (QED) is 0.475. The highest BCUT2D eigenvalue weighted by atomic mass is 127. The van der Waals surface area contributed by atoms with Gasteiger partial charge in [-0.1, -0.05) is 29.5 Å². The minimum Gasteiger partial charge on any atom is -0.251 e. The lowest BCUT2D eigenvalue weighted by Gasteiger charge is -1.91. The Labute approximate surface area is 51.3 Å². The molecule has 0 aromatic heterocycles. The summed E-state index contributed by atoms with van der Waals surface area (Å²) in [5.74, 6) is 0. The maximum absolute atomic E-state index is 11.2. The fraction of sp³-hybridized carbons (Fsp3) is 1.00. The van der Waals surface area contributed by atoms with Crippen LogP contribution in [0.5, 0.6) is 0 Å². The third kappa shape index (κ3) is 4.66. The number of hydrogen-bond donors (Lipinski definition) is 0. The Hall–Kier alpha value is 0.660. The summed E-state index contributed by atoms with van der Waals surface area (Å²) >= 11 is 2.20. The SMILES string of the molecule is CC(I)CCF. The molecule has 0 radical (unpaired) electrons. The van der Waals surface area contributed by atoms with E-state index in [9.17, 15) is 4.39 Å². The van der Waals surface area contributed by atoms with E-state index in [-0.39, 0.29) is 6.67 Å². The molecular formula is C4H8FI. The Morgan fingerprint density at radius 2 is 2.33 bits per heavy atom. The fourth-order valence-corrected chi connectivity index (χ4v) is 0.386. The van der Waals surface area contributed by atoms with Crippen LogP contribution in [0.15, 0.2) is 0 Å². The lowest BCUT2D eigenvalue weighted by atomic mass is 10.4. The zero-order valence-electron chi connectivity index (χ0n) is 3.75. The van der Waals surface area contributed by atoms with Crippen LogP contribution >= 0.6 is 22.6 Å². The highest BCUT2D eigenvalue weighted by Gasteiger charge is 1.90. The molecule has 0 aromatic carbocycles. The average molecular weight is 202 g/mol. The van der Waals surface area contributed by atoms with E-state index in [1.54, 1.807) is 0 Å². The van der Waals surface area contributed by atoms with Crippen LogP contribution in [0, 0.1) is 0 Å². The molecule has 0 aromatic rings. The Bertz CT molecular complexity index is 28.7. The minimum absolute atomic E-state index is 0.176. The molecule has 0 aliphatic carbocycles. The van der Waals surface area contributed by atoms with Crippen molar-refractivity contribution >= 4 is 22.6 Å². The third-order valence-corrected chi connectivity index (χ3v) is 1.13. The Morgan fingerprint density at radius 1 is 1.83 bits per heavy atom. The average Bonchev–Trinajstić information content (AvgIpc) is 1.35. The maximum atomic E-state index is 11.2. The second-order valence-corrected chi connectivity index (χ2v) is 3.38. The first-order chi connectivity index (χ1) is 2.77. The van der Waals surface area contributed by atoms with Gasteiger partial charge in [0.15, 0.2) is 0 Å². The Kier molecular flexibility index (Phi) is 4.26. The fourth-order valence-electron chi connectivity index (χ4n) is 0.150. The predicted octanol–water partition coefficient (Wildman–Crippen LogP) is 2.17. The second kappa shape index (κ2) is 3.84. The molecule has 0 N–H and O–H groups in total. The van der Waals surface area contributed by atoms with E-state index in [1.807, 2.05) is 6.92 Å². The van der Waals surface area contributed by atoms with Crippen LogP contribution in [0.3, 0.4) is 0 Å². The largest absolute Gasteiger partial charge is 0.251 e. The van der Waals surface area contributed by atoms with Gasteiger partial charge < -0.3 is 0 Å². The number of halogens is 2. The van der Waals surface area contributed by atoms with Gasteiger partial charge in [0.05, 0.1) is 6.67 Å². The number of alkyl halides is 2. The molecule has 0 aliphatic rings. The lowest BCUT2D eigenvalue weighted by Crippen LogP contribution is -1.88. The summed E-state index contributed by atoms with van der Waals surface area (Å²) < 4.78 is 11.7. The van der Waals surface area contributed by atoms with Gasteiger partial charge in [-0.05, 0) is 6.42 Å². The van der Waals surface area contributed by atoms with Crippen molar-refractivity contribution in [3.8, 4) is 0 Å². The van der Waals surface area contributed by atoms with Crippen LogP contribution in [0.25, 0.3) is 0 Å². The number of hydrogen-bond acceptors (Lipinski definition) is 0. The van der Waals surface area contributed by atoms with Gasteiger partial charge in [-0.15, -0.1) is 0 Å². The summed E-state index contributed by atoms with van der Waals surface area (Å²) in [4.78, 5) is 0. The van der Waals surface area contributed by atoms with Crippen molar-refractivity contribution < 1.29 is 4.39 Å². The molecular weight excluding hydrogens is 194 g/mol. The standard InChI is InChI=1S/C4H8FI/c1-4(6)2-3-5/h4H,2-3H2,1H3. The van der Waals surface area contributed by atoms with Crippen molar-refractivity contribution in [2.75, 3.05) is 6.67 Å². The molecule has 0 aliphatic heterocycles. The van der Waals surface area contributed by atoms with E-state index in [2.05, 4.69) is 22.6 Å². The van der Waals surface area contributed by atoms with Gasteiger partial charge in [-0.3, -0.25) is 4.39 Å². The van der Waals surface area contributed by atoms with Gasteiger partial charge in [0.1, 0.15) is 0 Å². The molecule has 6 heavy (non-hydrogen) atoms. The van der Waals surface area contributed by atoms with Gasteiger partial charge in [-0.2, -0.15) is 0 Å². The molecule has 0 nitrogen and oxygen atoms in total. The third-order valence-electron chi connectivity index (χ3n) is 0.507. The van der Waals surface area contributed by atoms with Crippen molar-refractivity contribution in [1.29, 1.82) is 0 Å². The molecule has 1 unspecified atom stereocenters. The second-order valence-electron chi connectivity index (χ2n) is 1.26. The van der Waals surface area contributed by atoms with Crippen LogP contribution in [0.1, 0.15) is 13.3 Å². The normalized spacial score (nSPS) is 14.5. The van der Waals surface area contributed by atoms with Gasteiger partial charge in [-0.25, -0.2) is 0 Å². The van der Waals surface area contributed by atoms with Gasteiger partial charge in [0, 0.05) is 3.92 Å². The van der Waals surface area contributed by atoms with Crippen LogP contribution < -0.4 is 0 Å².